The number of imidazole rings is 1. The van der Waals surface area contributed by atoms with E-state index in [1.807, 2.05) is 6.92 Å². The van der Waals surface area contributed by atoms with Gasteiger partial charge in [0.1, 0.15) is 18.1 Å². The van der Waals surface area contributed by atoms with Crippen LogP contribution < -0.4 is 4.57 Å². The molecule has 2 aromatic rings. The van der Waals surface area contributed by atoms with Crippen LogP contribution in [-0.2, 0) is 16.6 Å². The van der Waals surface area contributed by atoms with Gasteiger partial charge in [0.05, 0.1) is 30.0 Å². The third-order valence-corrected chi connectivity index (χ3v) is 6.41. The van der Waals surface area contributed by atoms with Crippen LogP contribution in [0.3, 0.4) is 0 Å². The maximum atomic E-state index is 12.4. The highest BCUT2D eigenvalue weighted by atomic mass is 32.1. The lowest BCUT2D eigenvalue weighted by Crippen LogP contribution is -2.63. The average Bonchev–Trinajstić information content (AvgIpc) is 3.14. The average molecular weight is 376 g/mol. The van der Waals surface area contributed by atoms with Crippen LogP contribution in [0.2, 0.25) is 0 Å². The molecular formula is C17H18N3O5S+. The summed E-state index contributed by atoms with van der Waals surface area (Å²) in [7, 11) is 1.76. The summed E-state index contributed by atoms with van der Waals surface area (Å²) >= 11 is 1.37. The minimum Gasteiger partial charge on any atom is -0.477 e. The van der Waals surface area contributed by atoms with Crippen molar-refractivity contribution in [1.29, 1.82) is 0 Å². The van der Waals surface area contributed by atoms with Gasteiger partial charge in [-0.3, -0.25) is 9.59 Å². The van der Waals surface area contributed by atoms with Gasteiger partial charge < -0.3 is 15.1 Å². The first-order valence-electron chi connectivity index (χ1n) is 8.22. The van der Waals surface area contributed by atoms with Crippen molar-refractivity contribution in [2.45, 2.75) is 26.0 Å². The van der Waals surface area contributed by atoms with Gasteiger partial charge in [0.2, 0.25) is 17.0 Å². The first kappa shape index (κ1) is 16.9. The fourth-order valence-electron chi connectivity index (χ4n) is 4.20. The number of nitrogens with zero attached hydrogens (tertiary/aromatic N) is 3. The van der Waals surface area contributed by atoms with Crippen LogP contribution in [0, 0.1) is 11.8 Å². The normalized spacial score (nSPS) is 26.2. The molecule has 4 rings (SSSR count). The van der Waals surface area contributed by atoms with Crippen molar-refractivity contribution in [2.24, 2.45) is 18.9 Å². The highest BCUT2D eigenvalue weighted by Crippen LogP contribution is 2.51. The number of aliphatic hydroxyl groups is 1. The van der Waals surface area contributed by atoms with E-state index in [1.165, 1.54) is 16.2 Å². The highest BCUT2D eigenvalue weighted by Gasteiger charge is 2.60. The standard InChI is InChI=1S/C17H17N3O5S/c1-7-12(9-4-19-10(6-21)18(3)5-11(19)26-9)15(17(24)25)20-14(7)13(8(2)22)16(20)23/h4-8,13-14,22H,1-3H3/p+1/t7-,8+,13+,14+/m0/s1. The summed E-state index contributed by atoms with van der Waals surface area (Å²) in [6.07, 6.45) is 3.46. The molecule has 0 radical (unpaired) electrons. The van der Waals surface area contributed by atoms with Crippen molar-refractivity contribution in [3.8, 4) is 0 Å². The Labute approximate surface area is 152 Å². The van der Waals surface area contributed by atoms with E-state index in [1.54, 1.807) is 35.3 Å². The number of β-lactam (4-membered cyclic amide) rings is 1. The number of carboxylic acids is 1. The van der Waals surface area contributed by atoms with Gasteiger partial charge >= 0.3 is 11.8 Å². The smallest absolute Gasteiger partial charge is 0.352 e. The van der Waals surface area contributed by atoms with Crippen molar-refractivity contribution in [2.75, 3.05) is 0 Å². The third kappa shape index (κ3) is 1.98. The molecule has 26 heavy (non-hydrogen) atoms. The van der Waals surface area contributed by atoms with Crippen LogP contribution in [-0.4, -0.2) is 49.8 Å². The highest BCUT2D eigenvalue weighted by molar-refractivity contribution is 7.18. The van der Waals surface area contributed by atoms with E-state index in [9.17, 15) is 24.6 Å². The fraction of sp³-hybridized carbons (Fsp3) is 0.412. The second-order valence-corrected chi connectivity index (χ2v) is 7.90. The molecule has 0 saturated carbocycles. The molecule has 0 aromatic carbocycles. The molecule has 2 aromatic heterocycles. The zero-order valence-electron chi connectivity index (χ0n) is 14.4. The zero-order chi connectivity index (χ0) is 18.9. The summed E-state index contributed by atoms with van der Waals surface area (Å²) in [5, 5.41) is 19.6. The Balaban J connectivity index is 1.87. The number of amides is 1. The van der Waals surface area contributed by atoms with Crippen molar-refractivity contribution >= 4 is 39.9 Å². The van der Waals surface area contributed by atoms with Crippen LogP contribution in [0.4, 0.5) is 0 Å². The summed E-state index contributed by atoms with van der Waals surface area (Å²) < 4.78 is 3.42. The molecule has 2 aliphatic rings. The van der Waals surface area contributed by atoms with E-state index >= 15 is 0 Å². The lowest BCUT2D eigenvalue weighted by Gasteiger charge is -2.46. The number of fused-ring (bicyclic) bond motifs is 2. The van der Waals surface area contributed by atoms with E-state index in [-0.39, 0.29) is 23.6 Å². The monoisotopic (exact) mass is 376 g/mol. The zero-order valence-corrected chi connectivity index (χ0v) is 15.2. The van der Waals surface area contributed by atoms with Crippen molar-refractivity contribution in [1.82, 2.24) is 9.30 Å². The van der Waals surface area contributed by atoms with Crippen LogP contribution in [0.1, 0.15) is 29.3 Å². The number of aryl methyl sites for hydroxylation is 1. The summed E-state index contributed by atoms with van der Waals surface area (Å²) in [6, 6.07) is -0.355. The molecule has 9 heteroatoms. The van der Waals surface area contributed by atoms with Crippen molar-refractivity contribution in [3.05, 3.63) is 28.8 Å². The molecule has 4 atom stereocenters. The van der Waals surface area contributed by atoms with Crippen LogP contribution in [0.5, 0.6) is 0 Å². The summed E-state index contributed by atoms with van der Waals surface area (Å²) in [4.78, 5) is 38.4. The Morgan fingerprint density at radius 2 is 2.15 bits per heavy atom. The lowest BCUT2D eigenvalue weighted by atomic mass is 9.77. The number of hydrogen-bond donors (Lipinski definition) is 2. The number of aromatic nitrogens is 2. The Morgan fingerprint density at radius 3 is 2.73 bits per heavy atom. The largest absolute Gasteiger partial charge is 0.477 e. The molecule has 0 aliphatic carbocycles. The summed E-state index contributed by atoms with van der Waals surface area (Å²) in [5.41, 5.74) is 0.554. The molecule has 136 valence electrons. The Bertz CT molecular complexity index is 1000. The van der Waals surface area contributed by atoms with E-state index in [0.29, 0.717) is 16.3 Å². The second-order valence-electron chi connectivity index (χ2n) is 6.84. The molecule has 1 fully saturated rings. The van der Waals surface area contributed by atoms with Gasteiger partial charge in [0, 0.05) is 11.5 Å². The Morgan fingerprint density at radius 1 is 1.46 bits per heavy atom. The maximum Gasteiger partial charge on any atom is 0.352 e. The molecule has 0 spiro atoms. The van der Waals surface area contributed by atoms with Crippen molar-refractivity contribution < 1.29 is 29.2 Å². The number of aldehydes is 1. The summed E-state index contributed by atoms with van der Waals surface area (Å²) in [5.74, 6) is -1.88. The predicted molar refractivity (Wildman–Crippen MR) is 91.4 cm³/mol. The van der Waals surface area contributed by atoms with Crippen LogP contribution in [0.15, 0.2) is 18.1 Å². The molecule has 4 heterocycles. The molecule has 2 N–H and O–H groups in total. The van der Waals surface area contributed by atoms with Crippen LogP contribution in [0.25, 0.3) is 10.4 Å². The fourth-order valence-corrected chi connectivity index (χ4v) is 5.43. The molecule has 1 saturated heterocycles. The van der Waals surface area contributed by atoms with Gasteiger partial charge in [-0.1, -0.05) is 18.3 Å². The Kier molecular flexibility index (Phi) is 3.57. The van der Waals surface area contributed by atoms with E-state index in [4.69, 9.17) is 0 Å². The number of aliphatic hydroxyl groups excluding tert-OH is 1. The van der Waals surface area contributed by atoms with E-state index < -0.39 is 18.0 Å². The van der Waals surface area contributed by atoms with E-state index in [0.717, 1.165) is 11.1 Å². The van der Waals surface area contributed by atoms with Gasteiger partial charge in [0.15, 0.2) is 0 Å². The van der Waals surface area contributed by atoms with Crippen molar-refractivity contribution in [3.63, 3.8) is 0 Å². The number of carbonyl (C=O) groups is 3. The van der Waals surface area contributed by atoms with Gasteiger partial charge in [-0.15, -0.1) is 0 Å². The lowest BCUT2D eigenvalue weighted by molar-refractivity contribution is -0.671. The third-order valence-electron chi connectivity index (χ3n) is 5.36. The van der Waals surface area contributed by atoms with Gasteiger partial charge in [0.25, 0.3) is 0 Å². The Hall–Kier alpha value is -2.52. The number of hydrogen-bond acceptors (Lipinski definition) is 5. The van der Waals surface area contributed by atoms with Crippen LogP contribution >= 0.6 is 11.3 Å². The maximum absolute atomic E-state index is 12.4. The summed E-state index contributed by atoms with van der Waals surface area (Å²) in [6.45, 7) is 3.43. The SMILES string of the molecule is C[C@@H](O)[C@H]1C(=O)N2C(C(=O)O)=C(c3cn4c(C=O)[n+](C)cc4s3)[C@H](C)[C@H]12. The van der Waals surface area contributed by atoms with Gasteiger partial charge in [-0.2, -0.15) is 4.40 Å². The molecule has 0 unspecified atom stereocenters. The molecule has 0 bridgehead atoms. The number of thiazole rings is 1. The topological polar surface area (TPSA) is 103 Å². The number of rotatable bonds is 4. The van der Waals surface area contributed by atoms with E-state index in [2.05, 4.69) is 0 Å². The first-order valence-corrected chi connectivity index (χ1v) is 9.04. The first-order chi connectivity index (χ1) is 12.3. The number of aliphatic carboxylic acids is 1. The molecule has 1 amide bonds. The molecule has 2 aliphatic heterocycles. The van der Waals surface area contributed by atoms with Gasteiger partial charge in [-0.25, -0.2) is 9.36 Å². The van der Waals surface area contributed by atoms with Gasteiger partial charge in [-0.05, 0) is 6.92 Å². The molecule has 8 nitrogen and oxygen atoms in total. The predicted octanol–water partition coefficient (Wildman–Crippen LogP) is 0.291. The second kappa shape index (κ2) is 5.49. The number of carboxylic acid groups (broad SMARTS) is 1. The number of carbonyl (C=O) groups excluding carboxylic acids is 2. The molecular weight excluding hydrogens is 358 g/mol. The minimum atomic E-state index is -1.16. The quantitative estimate of drug-likeness (QED) is 0.454. The minimum absolute atomic E-state index is 0.0223.